The molecule has 6 heteroatoms. The van der Waals surface area contributed by atoms with Crippen LogP contribution >= 0.6 is 0 Å². The number of carbonyl (C=O) groups is 1. The van der Waals surface area contributed by atoms with E-state index >= 15 is 0 Å². The Balaban J connectivity index is 1.37. The van der Waals surface area contributed by atoms with Crippen LogP contribution in [0.15, 0.2) is 30.5 Å². The number of nitrogens with one attached hydrogen (secondary N) is 1. The summed E-state index contributed by atoms with van der Waals surface area (Å²) in [5, 5.41) is 10.8. The van der Waals surface area contributed by atoms with Crippen LogP contribution < -0.4 is 5.32 Å². The minimum Gasteiger partial charge on any atom is -0.304 e. The van der Waals surface area contributed by atoms with Crippen molar-refractivity contribution in [3.05, 3.63) is 41.6 Å². The van der Waals surface area contributed by atoms with Crippen molar-refractivity contribution in [3.8, 4) is 0 Å². The van der Waals surface area contributed by atoms with Crippen LogP contribution in [-0.2, 0) is 13.1 Å². The summed E-state index contributed by atoms with van der Waals surface area (Å²) >= 11 is 0. The summed E-state index contributed by atoms with van der Waals surface area (Å²) in [5.74, 6) is 2.18. The molecule has 1 aliphatic heterocycles. The van der Waals surface area contributed by atoms with E-state index in [-0.39, 0.29) is 5.91 Å². The van der Waals surface area contributed by atoms with E-state index < -0.39 is 0 Å². The molecule has 0 bridgehead atoms. The molecule has 0 spiro atoms. The number of aromatic nitrogens is 3. The Morgan fingerprint density at radius 1 is 1.22 bits per heavy atom. The molecule has 1 aromatic heterocycles. The maximum Gasteiger partial charge on any atom is 0.256 e. The summed E-state index contributed by atoms with van der Waals surface area (Å²) in [6.45, 7) is 6.03. The Kier molecular flexibility index (Phi) is 5.53. The number of aryl methyl sites for hydroxylation is 1. The van der Waals surface area contributed by atoms with Gasteiger partial charge in [-0.15, -0.1) is 5.10 Å². The van der Waals surface area contributed by atoms with E-state index in [0.717, 1.165) is 24.9 Å². The van der Waals surface area contributed by atoms with Crippen LogP contribution in [0.3, 0.4) is 0 Å². The Bertz CT molecular complexity index is 786. The van der Waals surface area contributed by atoms with Gasteiger partial charge in [0, 0.05) is 25.2 Å². The number of amides is 1. The standard InChI is InChI=1S/C21H29N5O/c1-2-26-15-20(23-24-26)22-21(27)18-9-5-6-16(12-18)13-25-11-10-17-7-3-4-8-19(17)14-25/h5-6,9,12,15,17,19H,2-4,7-8,10-11,13-14H2,1H3,(H,22,27)/t17-,19-/m0/s1. The molecule has 144 valence electrons. The van der Waals surface area contributed by atoms with Gasteiger partial charge in [0.15, 0.2) is 5.82 Å². The highest BCUT2D eigenvalue weighted by molar-refractivity contribution is 6.03. The van der Waals surface area contributed by atoms with E-state index in [9.17, 15) is 4.79 Å². The van der Waals surface area contributed by atoms with Crippen LogP contribution in [0.4, 0.5) is 5.82 Å². The molecule has 2 atom stereocenters. The molecule has 1 aromatic carbocycles. The van der Waals surface area contributed by atoms with Gasteiger partial charge in [0.2, 0.25) is 0 Å². The van der Waals surface area contributed by atoms with Crippen LogP contribution in [0.25, 0.3) is 0 Å². The summed E-state index contributed by atoms with van der Waals surface area (Å²) in [7, 11) is 0. The van der Waals surface area contributed by atoms with Gasteiger partial charge in [-0.05, 0) is 55.8 Å². The highest BCUT2D eigenvalue weighted by Crippen LogP contribution is 2.36. The zero-order chi connectivity index (χ0) is 18.6. The van der Waals surface area contributed by atoms with Gasteiger partial charge in [0.25, 0.3) is 5.91 Å². The number of carbonyl (C=O) groups excluding carboxylic acids is 1. The largest absolute Gasteiger partial charge is 0.304 e. The van der Waals surface area contributed by atoms with Crippen molar-refractivity contribution in [2.75, 3.05) is 18.4 Å². The molecule has 2 fully saturated rings. The molecular formula is C21H29N5O. The fourth-order valence-electron chi connectivity index (χ4n) is 4.59. The lowest BCUT2D eigenvalue weighted by Crippen LogP contribution is -2.41. The van der Waals surface area contributed by atoms with Gasteiger partial charge in [0.1, 0.15) is 0 Å². The molecule has 1 saturated heterocycles. The molecule has 6 nitrogen and oxygen atoms in total. The predicted octanol–water partition coefficient (Wildman–Crippen LogP) is 3.56. The third kappa shape index (κ3) is 4.38. The van der Waals surface area contributed by atoms with E-state index in [4.69, 9.17) is 0 Å². The second kappa shape index (κ2) is 8.21. The molecule has 1 aliphatic carbocycles. The number of fused-ring (bicyclic) bond motifs is 1. The van der Waals surface area contributed by atoms with E-state index in [1.54, 1.807) is 10.9 Å². The number of nitrogens with zero attached hydrogens (tertiary/aromatic N) is 4. The molecule has 1 saturated carbocycles. The van der Waals surface area contributed by atoms with Crippen LogP contribution in [-0.4, -0.2) is 38.9 Å². The monoisotopic (exact) mass is 367 g/mol. The molecule has 0 radical (unpaired) electrons. The Morgan fingerprint density at radius 3 is 2.89 bits per heavy atom. The van der Waals surface area contributed by atoms with Crippen molar-refractivity contribution in [2.24, 2.45) is 11.8 Å². The van der Waals surface area contributed by atoms with Gasteiger partial charge in [-0.25, -0.2) is 0 Å². The first kappa shape index (κ1) is 18.2. The third-order valence-corrected chi connectivity index (χ3v) is 6.07. The molecule has 0 unspecified atom stereocenters. The van der Waals surface area contributed by atoms with Gasteiger partial charge < -0.3 is 5.32 Å². The second-order valence-electron chi connectivity index (χ2n) is 7.94. The smallest absolute Gasteiger partial charge is 0.256 e. The lowest BCUT2D eigenvalue weighted by atomic mass is 9.75. The molecule has 1 amide bonds. The number of hydrogen-bond acceptors (Lipinski definition) is 4. The van der Waals surface area contributed by atoms with Gasteiger partial charge in [0.05, 0.1) is 6.20 Å². The first-order valence-electron chi connectivity index (χ1n) is 10.2. The van der Waals surface area contributed by atoms with Crippen LogP contribution in [0.1, 0.15) is 54.9 Å². The van der Waals surface area contributed by atoms with Gasteiger partial charge in [-0.3, -0.25) is 14.4 Å². The molecule has 4 rings (SSSR count). The topological polar surface area (TPSA) is 63.1 Å². The van der Waals surface area contributed by atoms with Crippen molar-refractivity contribution in [1.29, 1.82) is 0 Å². The van der Waals surface area contributed by atoms with Crippen molar-refractivity contribution in [3.63, 3.8) is 0 Å². The lowest BCUT2D eigenvalue weighted by molar-refractivity contribution is 0.0820. The molecule has 2 aromatic rings. The van der Waals surface area contributed by atoms with Crippen molar-refractivity contribution in [1.82, 2.24) is 19.9 Å². The minimum absolute atomic E-state index is 0.133. The normalized spacial score (nSPS) is 23.0. The van der Waals surface area contributed by atoms with E-state index in [1.165, 1.54) is 50.8 Å². The highest BCUT2D eigenvalue weighted by Gasteiger charge is 2.30. The number of likely N-dealkylation sites (tertiary alicyclic amines) is 1. The average Bonchev–Trinajstić information content (AvgIpc) is 3.15. The minimum atomic E-state index is -0.133. The zero-order valence-corrected chi connectivity index (χ0v) is 16.1. The molecule has 27 heavy (non-hydrogen) atoms. The first-order valence-corrected chi connectivity index (χ1v) is 10.2. The summed E-state index contributed by atoms with van der Waals surface area (Å²) in [5.41, 5.74) is 1.88. The number of piperidine rings is 1. The van der Waals surface area contributed by atoms with E-state index in [1.807, 2.05) is 25.1 Å². The number of hydrogen-bond donors (Lipinski definition) is 1. The summed E-state index contributed by atoms with van der Waals surface area (Å²) in [6, 6.07) is 7.96. The fourth-order valence-corrected chi connectivity index (χ4v) is 4.59. The van der Waals surface area contributed by atoms with Crippen molar-refractivity contribution >= 4 is 11.7 Å². The lowest BCUT2D eigenvalue weighted by Gasteiger charge is -2.41. The van der Waals surface area contributed by atoms with Crippen LogP contribution in [0.5, 0.6) is 0 Å². The summed E-state index contributed by atoms with van der Waals surface area (Å²) in [6.07, 6.45) is 8.71. The number of rotatable bonds is 5. The second-order valence-corrected chi connectivity index (χ2v) is 7.94. The Morgan fingerprint density at radius 2 is 2.07 bits per heavy atom. The maximum atomic E-state index is 12.5. The SMILES string of the molecule is CCn1cc(NC(=O)c2cccc(CN3CC[C@@H]4CCCC[C@H]4C3)c2)nn1. The highest BCUT2D eigenvalue weighted by atomic mass is 16.1. The van der Waals surface area contributed by atoms with E-state index in [0.29, 0.717) is 11.4 Å². The maximum absolute atomic E-state index is 12.5. The van der Waals surface area contributed by atoms with Crippen LogP contribution in [0.2, 0.25) is 0 Å². The third-order valence-electron chi connectivity index (χ3n) is 6.07. The van der Waals surface area contributed by atoms with Crippen LogP contribution in [0, 0.1) is 11.8 Å². The Labute approximate surface area is 160 Å². The molecule has 2 heterocycles. The zero-order valence-electron chi connectivity index (χ0n) is 16.1. The van der Waals surface area contributed by atoms with Gasteiger partial charge in [-0.1, -0.05) is 36.6 Å². The average molecular weight is 367 g/mol. The van der Waals surface area contributed by atoms with Crippen molar-refractivity contribution in [2.45, 2.75) is 52.1 Å². The number of benzene rings is 1. The fraction of sp³-hybridized carbons (Fsp3) is 0.571. The van der Waals surface area contributed by atoms with Gasteiger partial charge >= 0.3 is 0 Å². The summed E-state index contributed by atoms with van der Waals surface area (Å²) in [4.78, 5) is 15.1. The van der Waals surface area contributed by atoms with Gasteiger partial charge in [-0.2, -0.15) is 0 Å². The molecule has 2 aliphatic rings. The van der Waals surface area contributed by atoms with E-state index in [2.05, 4.69) is 26.6 Å². The molecule has 1 N–H and O–H groups in total. The first-order chi connectivity index (χ1) is 13.2. The van der Waals surface area contributed by atoms with Crippen molar-refractivity contribution < 1.29 is 4.79 Å². The summed E-state index contributed by atoms with van der Waals surface area (Å²) < 4.78 is 1.70. The molecular weight excluding hydrogens is 338 g/mol. The number of anilines is 1. The predicted molar refractivity (Wildman–Crippen MR) is 105 cm³/mol. The quantitative estimate of drug-likeness (QED) is 0.878. The Hall–Kier alpha value is -2.21.